The second-order valence-corrected chi connectivity index (χ2v) is 15.7. The number of alkyl halides is 3. The Bertz CT molecular complexity index is 847. The number of rotatable bonds is 9. The van der Waals surface area contributed by atoms with Crippen molar-refractivity contribution in [1.29, 1.82) is 0 Å². The van der Waals surface area contributed by atoms with E-state index in [2.05, 4.69) is 44.1 Å². The van der Waals surface area contributed by atoms with Crippen LogP contribution in [0.1, 0.15) is 60.3 Å². The summed E-state index contributed by atoms with van der Waals surface area (Å²) in [6, 6.07) is 0. The second kappa shape index (κ2) is 10.2. The Kier molecular flexibility index (Phi) is 9.21. The molecule has 0 aromatic carbocycles. The maximum atomic E-state index is 12.8. The van der Waals surface area contributed by atoms with Crippen LogP contribution in [-0.2, 0) is 18.7 Å². The minimum atomic E-state index is -5.80. The van der Waals surface area contributed by atoms with E-state index in [0.29, 0.717) is 13.0 Å². The lowest BCUT2D eigenvalue weighted by atomic mass is 9.88. The Morgan fingerprint density at radius 3 is 2.29 bits per heavy atom. The van der Waals surface area contributed by atoms with Gasteiger partial charge in [0, 0.05) is 6.42 Å². The first-order chi connectivity index (χ1) is 13.9. The van der Waals surface area contributed by atoms with Gasteiger partial charge in [0.15, 0.2) is 8.32 Å². The van der Waals surface area contributed by atoms with Gasteiger partial charge in [0.05, 0.1) is 13.2 Å². The van der Waals surface area contributed by atoms with Crippen molar-refractivity contribution in [3.63, 3.8) is 0 Å². The van der Waals surface area contributed by atoms with Crippen molar-refractivity contribution in [1.82, 2.24) is 0 Å². The smallest absolute Gasteiger partial charge is 0.413 e. The molecule has 180 valence electrons. The Balaban J connectivity index is 3.12. The number of halogens is 3. The van der Waals surface area contributed by atoms with Crippen molar-refractivity contribution in [2.75, 3.05) is 13.2 Å². The van der Waals surface area contributed by atoms with E-state index in [-0.39, 0.29) is 22.8 Å². The predicted molar refractivity (Wildman–Crippen MR) is 118 cm³/mol. The second-order valence-electron chi connectivity index (χ2n) is 9.40. The molecule has 0 aliphatic heterocycles. The lowest BCUT2D eigenvalue weighted by Crippen LogP contribution is -2.41. The molecule has 0 aromatic rings. The SMILES string of the molecule is CC1=CCCC(CO[Si](C)(C)C(C)(C)C)=C1CC/C(OS(=O)(=O)C(F)(F)F)=C(\C)CO. The molecule has 0 saturated heterocycles. The third-order valence-corrected chi connectivity index (χ3v) is 11.5. The van der Waals surface area contributed by atoms with Gasteiger partial charge >= 0.3 is 15.6 Å². The maximum absolute atomic E-state index is 12.8. The largest absolute Gasteiger partial charge is 0.534 e. The highest BCUT2D eigenvalue weighted by atomic mass is 32.2. The van der Waals surface area contributed by atoms with Crippen molar-refractivity contribution in [2.24, 2.45) is 0 Å². The average Bonchev–Trinajstić information content (AvgIpc) is 2.61. The fourth-order valence-electron chi connectivity index (χ4n) is 2.87. The van der Waals surface area contributed by atoms with Gasteiger partial charge < -0.3 is 13.7 Å². The van der Waals surface area contributed by atoms with Crippen LogP contribution in [0.3, 0.4) is 0 Å². The molecule has 0 unspecified atom stereocenters. The number of hydrogen-bond acceptors (Lipinski definition) is 5. The molecular formula is C21H35F3O5SSi. The van der Waals surface area contributed by atoms with E-state index in [0.717, 1.165) is 29.6 Å². The molecule has 0 heterocycles. The van der Waals surface area contributed by atoms with Crippen molar-refractivity contribution in [3.8, 4) is 0 Å². The average molecular weight is 485 g/mol. The highest BCUT2D eigenvalue weighted by molar-refractivity contribution is 7.87. The van der Waals surface area contributed by atoms with E-state index in [9.17, 15) is 26.7 Å². The molecule has 0 aromatic heterocycles. The Morgan fingerprint density at radius 2 is 1.81 bits per heavy atom. The number of allylic oxidation sites excluding steroid dienone is 4. The van der Waals surface area contributed by atoms with E-state index in [1.165, 1.54) is 6.92 Å². The fourth-order valence-corrected chi connectivity index (χ4v) is 4.42. The van der Waals surface area contributed by atoms with E-state index in [4.69, 9.17) is 4.43 Å². The molecule has 31 heavy (non-hydrogen) atoms. The van der Waals surface area contributed by atoms with Crippen molar-refractivity contribution < 1.29 is 35.3 Å². The molecule has 1 N–H and O–H groups in total. The third-order valence-electron chi connectivity index (χ3n) is 6.02. The Morgan fingerprint density at radius 1 is 1.23 bits per heavy atom. The zero-order valence-corrected chi connectivity index (χ0v) is 21.3. The molecule has 1 rings (SSSR count). The topological polar surface area (TPSA) is 72.8 Å². The molecule has 1 aliphatic carbocycles. The summed E-state index contributed by atoms with van der Waals surface area (Å²) in [7, 11) is -7.78. The van der Waals surface area contributed by atoms with Crippen LogP contribution in [0.15, 0.2) is 34.1 Å². The van der Waals surface area contributed by atoms with Gasteiger partial charge in [-0.05, 0) is 68.0 Å². The van der Waals surface area contributed by atoms with Gasteiger partial charge in [0.25, 0.3) is 0 Å². The third kappa shape index (κ3) is 7.47. The van der Waals surface area contributed by atoms with Gasteiger partial charge in [-0.3, -0.25) is 0 Å². The van der Waals surface area contributed by atoms with E-state index in [1.807, 2.05) is 6.92 Å². The normalized spacial score (nSPS) is 17.5. The first-order valence-electron chi connectivity index (χ1n) is 10.2. The minimum absolute atomic E-state index is 0.0429. The lowest BCUT2D eigenvalue weighted by molar-refractivity contribution is -0.0524. The molecule has 0 fully saturated rings. The standard InChI is InChI=1S/C21H35F3O5SSi/c1-15-9-8-10-17(14-28-31(6,7)20(3,4)5)18(15)11-12-19(16(2)13-25)29-30(26,27)21(22,23)24/h9,25H,8,10-14H2,1-7H3/b19-16-. The number of hydrogen-bond donors (Lipinski definition) is 1. The zero-order valence-electron chi connectivity index (χ0n) is 19.4. The van der Waals surface area contributed by atoms with Crippen LogP contribution in [0.5, 0.6) is 0 Å². The van der Waals surface area contributed by atoms with E-state index in [1.54, 1.807) is 0 Å². The summed E-state index contributed by atoms with van der Waals surface area (Å²) >= 11 is 0. The van der Waals surface area contributed by atoms with Crippen LogP contribution >= 0.6 is 0 Å². The van der Waals surface area contributed by atoms with Crippen LogP contribution in [0.25, 0.3) is 0 Å². The molecule has 0 amide bonds. The summed E-state index contributed by atoms with van der Waals surface area (Å²) in [4.78, 5) is 0. The Hall–Kier alpha value is -1.10. The summed E-state index contributed by atoms with van der Waals surface area (Å²) in [5.41, 5.74) is -2.47. The van der Waals surface area contributed by atoms with Gasteiger partial charge in [-0.25, -0.2) is 0 Å². The first kappa shape index (κ1) is 27.9. The molecular weight excluding hydrogens is 449 g/mol. The number of aliphatic hydroxyl groups is 1. The van der Waals surface area contributed by atoms with Gasteiger partial charge in [-0.15, -0.1) is 0 Å². The molecule has 0 radical (unpaired) electrons. The molecule has 0 saturated carbocycles. The minimum Gasteiger partial charge on any atom is -0.413 e. The summed E-state index contributed by atoms with van der Waals surface area (Å²) < 4.78 is 71.9. The van der Waals surface area contributed by atoms with Crippen LogP contribution in [0.4, 0.5) is 13.2 Å². The van der Waals surface area contributed by atoms with E-state index >= 15 is 0 Å². The maximum Gasteiger partial charge on any atom is 0.534 e. The highest BCUT2D eigenvalue weighted by Gasteiger charge is 2.49. The van der Waals surface area contributed by atoms with Crippen LogP contribution < -0.4 is 0 Å². The zero-order chi connectivity index (χ0) is 24.3. The van der Waals surface area contributed by atoms with Crippen LogP contribution in [0, 0.1) is 0 Å². The molecule has 10 heteroatoms. The van der Waals surface area contributed by atoms with Gasteiger partial charge in [-0.1, -0.05) is 32.4 Å². The summed E-state index contributed by atoms with van der Waals surface area (Å²) in [6.07, 6.45) is 3.90. The summed E-state index contributed by atoms with van der Waals surface area (Å²) in [5, 5.41) is 9.39. The quantitative estimate of drug-likeness (QED) is 0.189. The van der Waals surface area contributed by atoms with Gasteiger partial charge in [0.1, 0.15) is 5.76 Å². The molecule has 1 aliphatic rings. The van der Waals surface area contributed by atoms with Crippen molar-refractivity contribution >= 4 is 18.4 Å². The molecule has 0 atom stereocenters. The predicted octanol–water partition coefficient (Wildman–Crippen LogP) is 5.96. The van der Waals surface area contributed by atoms with Crippen LogP contribution in [-0.4, -0.2) is 40.6 Å². The molecule has 0 bridgehead atoms. The van der Waals surface area contributed by atoms with Crippen molar-refractivity contribution in [2.45, 2.75) is 83.9 Å². The van der Waals surface area contributed by atoms with Gasteiger partial charge in [-0.2, -0.15) is 21.6 Å². The van der Waals surface area contributed by atoms with Crippen LogP contribution in [0.2, 0.25) is 18.1 Å². The molecule has 5 nitrogen and oxygen atoms in total. The van der Waals surface area contributed by atoms with Crippen molar-refractivity contribution in [3.05, 3.63) is 34.1 Å². The van der Waals surface area contributed by atoms with E-state index < -0.39 is 30.6 Å². The summed E-state index contributed by atoms with van der Waals surface area (Å²) in [5.74, 6) is -0.379. The highest BCUT2D eigenvalue weighted by Crippen LogP contribution is 2.38. The van der Waals surface area contributed by atoms with Gasteiger partial charge in [0.2, 0.25) is 0 Å². The fraction of sp³-hybridized carbons (Fsp3) is 0.714. The lowest BCUT2D eigenvalue weighted by Gasteiger charge is -2.37. The number of aliphatic hydroxyl groups excluding tert-OH is 1. The Labute approximate surface area is 185 Å². The summed E-state index contributed by atoms with van der Waals surface area (Å²) in [6.45, 7) is 13.9. The monoisotopic (exact) mass is 484 g/mol. The first-order valence-corrected chi connectivity index (χ1v) is 14.6. The molecule has 0 spiro atoms.